The number of piperazine rings is 1. The third-order valence-corrected chi connectivity index (χ3v) is 6.09. The van der Waals surface area contributed by atoms with Gasteiger partial charge in [-0.15, -0.1) is 23.1 Å². The van der Waals surface area contributed by atoms with E-state index in [1.807, 2.05) is 23.1 Å². The van der Waals surface area contributed by atoms with Crippen molar-refractivity contribution >= 4 is 23.1 Å². The first-order valence-electron chi connectivity index (χ1n) is 8.31. The Morgan fingerprint density at radius 3 is 2.48 bits per heavy atom. The molecule has 0 spiro atoms. The van der Waals surface area contributed by atoms with Gasteiger partial charge in [0.15, 0.2) is 0 Å². The van der Waals surface area contributed by atoms with Gasteiger partial charge in [-0.1, -0.05) is 45.0 Å². The number of rotatable bonds is 4. The summed E-state index contributed by atoms with van der Waals surface area (Å²) < 4.78 is 0.222. The van der Waals surface area contributed by atoms with E-state index in [9.17, 15) is 0 Å². The van der Waals surface area contributed by atoms with Crippen LogP contribution >= 0.6 is 23.1 Å². The smallest absolute Gasteiger partial charge is 0.0707 e. The molecule has 0 saturated carbocycles. The van der Waals surface area contributed by atoms with Crippen molar-refractivity contribution in [1.82, 2.24) is 10.2 Å². The Hall–Kier alpha value is -0.810. The van der Waals surface area contributed by atoms with E-state index < -0.39 is 0 Å². The Kier molecular flexibility index (Phi) is 5.47. The molecule has 23 heavy (non-hydrogen) atoms. The maximum absolute atomic E-state index is 3.48. The van der Waals surface area contributed by atoms with E-state index in [2.05, 4.69) is 72.8 Å². The molecule has 0 aliphatic carbocycles. The Labute approximate surface area is 148 Å². The molecule has 4 heteroatoms. The standard InChI is InChI=1S/C19H26N2S2/c1-19(2,3)23-16-8-5-4-7-15(16)18(17-9-6-14-22-17)21-12-10-20-11-13-21/h4-9,14,18,20H,10-13H2,1-3H3/t18-/m0/s1. The van der Waals surface area contributed by atoms with Crippen molar-refractivity contribution in [2.45, 2.75) is 36.5 Å². The van der Waals surface area contributed by atoms with Crippen LogP contribution in [0.4, 0.5) is 0 Å². The van der Waals surface area contributed by atoms with Gasteiger partial charge in [0.2, 0.25) is 0 Å². The molecule has 0 radical (unpaired) electrons. The molecular formula is C19H26N2S2. The lowest BCUT2D eigenvalue weighted by Crippen LogP contribution is -2.45. The van der Waals surface area contributed by atoms with E-state index in [1.165, 1.54) is 15.3 Å². The summed E-state index contributed by atoms with van der Waals surface area (Å²) in [6.45, 7) is 11.2. The molecule has 3 rings (SSSR count). The predicted octanol–water partition coefficient (Wildman–Crippen LogP) is 4.63. The Bertz CT molecular complexity index is 611. The number of thiophene rings is 1. The zero-order valence-corrected chi connectivity index (χ0v) is 15.8. The predicted molar refractivity (Wildman–Crippen MR) is 103 cm³/mol. The lowest BCUT2D eigenvalue weighted by atomic mass is 10.0. The number of thioether (sulfide) groups is 1. The quantitative estimate of drug-likeness (QED) is 0.812. The third-order valence-electron chi connectivity index (χ3n) is 3.96. The molecule has 2 aromatic rings. The zero-order chi connectivity index (χ0) is 16.3. The fourth-order valence-electron chi connectivity index (χ4n) is 3.05. The molecule has 2 nitrogen and oxygen atoms in total. The number of nitrogens with one attached hydrogen (secondary N) is 1. The van der Waals surface area contributed by atoms with Crippen LogP contribution in [-0.2, 0) is 0 Å². The zero-order valence-electron chi connectivity index (χ0n) is 14.2. The monoisotopic (exact) mass is 346 g/mol. The van der Waals surface area contributed by atoms with E-state index in [1.54, 1.807) is 0 Å². The molecule has 1 saturated heterocycles. The van der Waals surface area contributed by atoms with E-state index in [0.717, 1.165) is 26.2 Å². The summed E-state index contributed by atoms with van der Waals surface area (Å²) in [5.74, 6) is 0. The number of nitrogens with zero attached hydrogens (tertiary/aromatic N) is 1. The molecular weight excluding hydrogens is 320 g/mol. The maximum Gasteiger partial charge on any atom is 0.0707 e. The molecule has 0 bridgehead atoms. The first-order chi connectivity index (χ1) is 11.0. The van der Waals surface area contributed by atoms with Crippen LogP contribution in [0.3, 0.4) is 0 Å². The van der Waals surface area contributed by atoms with Crippen LogP contribution in [0.2, 0.25) is 0 Å². The minimum absolute atomic E-state index is 0.222. The largest absolute Gasteiger partial charge is 0.314 e. The normalized spacial score (nSPS) is 18.0. The van der Waals surface area contributed by atoms with Gasteiger partial charge in [0, 0.05) is 40.7 Å². The van der Waals surface area contributed by atoms with E-state index in [4.69, 9.17) is 0 Å². The van der Waals surface area contributed by atoms with Gasteiger partial charge in [-0.2, -0.15) is 0 Å². The molecule has 124 valence electrons. The van der Waals surface area contributed by atoms with Crippen molar-refractivity contribution in [1.29, 1.82) is 0 Å². The van der Waals surface area contributed by atoms with Crippen LogP contribution < -0.4 is 5.32 Å². The Balaban J connectivity index is 2.00. The van der Waals surface area contributed by atoms with Crippen molar-refractivity contribution in [3.8, 4) is 0 Å². The second-order valence-electron chi connectivity index (χ2n) is 6.96. The average Bonchev–Trinajstić information content (AvgIpc) is 3.03. The summed E-state index contributed by atoms with van der Waals surface area (Å²) in [4.78, 5) is 5.50. The molecule has 1 fully saturated rings. The Morgan fingerprint density at radius 2 is 1.83 bits per heavy atom. The fourth-order valence-corrected chi connectivity index (χ4v) is 5.03. The Morgan fingerprint density at radius 1 is 1.09 bits per heavy atom. The highest BCUT2D eigenvalue weighted by molar-refractivity contribution is 8.00. The van der Waals surface area contributed by atoms with Crippen LogP contribution in [0.1, 0.15) is 37.3 Å². The van der Waals surface area contributed by atoms with Gasteiger partial charge in [0.05, 0.1) is 6.04 Å². The van der Waals surface area contributed by atoms with Crippen molar-refractivity contribution in [3.63, 3.8) is 0 Å². The van der Waals surface area contributed by atoms with Crippen LogP contribution in [-0.4, -0.2) is 35.8 Å². The first kappa shape index (κ1) is 17.0. The molecule has 1 aromatic heterocycles. The molecule has 0 unspecified atom stereocenters. The van der Waals surface area contributed by atoms with E-state index >= 15 is 0 Å². The summed E-state index contributed by atoms with van der Waals surface area (Å²) in [5, 5.41) is 5.67. The fraction of sp³-hybridized carbons (Fsp3) is 0.474. The summed E-state index contributed by atoms with van der Waals surface area (Å²) >= 11 is 3.85. The minimum Gasteiger partial charge on any atom is -0.314 e. The van der Waals surface area contributed by atoms with Crippen LogP contribution in [0, 0.1) is 0 Å². The van der Waals surface area contributed by atoms with Gasteiger partial charge in [-0.3, -0.25) is 4.90 Å². The summed E-state index contributed by atoms with van der Waals surface area (Å²) in [6, 6.07) is 13.8. The van der Waals surface area contributed by atoms with Gasteiger partial charge < -0.3 is 5.32 Å². The van der Waals surface area contributed by atoms with Crippen LogP contribution in [0.25, 0.3) is 0 Å². The summed E-state index contributed by atoms with van der Waals surface area (Å²) in [7, 11) is 0. The van der Waals surface area contributed by atoms with Crippen LogP contribution in [0.15, 0.2) is 46.7 Å². The average molecular weight is 347 g/mol. The molecule has 2 heterocycles. The van der Waals surface area contributed by atoms with Gasteiger partial charge in [-0.05, 0) is 23.1 Å². The van der Waals surface area contributed by atoms with E-state index in [-0.39, 0.29) is 4.75 Å². The first-order valence-corrected chi connectivity index (χ1v) is 10.0. The van der Waals surface area contributed by atoms with Gasteiger partial charge in [0.1, 0.15) is 0 Å². The number of hydrogen-bond donors (Lipinski definition) is 1. The molecule has 1 aliphatic heterocycles. The second-order valence-corrected chi connectivity index (χ2v) is 9.80. The highest BCUT2D eigenvalue weighted by atomic mass is 32.2. The molecule has 1 aliphatic rings. The van der Waals surface area contributed by atoms with E-state index in [0.29, 0.717) is 6.04 Å². The van der Waals surface area contributed by atoms with Gasteiger partial charge in [-0.25, -0.2) is 0 Å². The summed E-state index contributed by atoms with van der Waals surface area (Å²) in [5.41, 5.74) is 1.46. The van der Waals surface area contributed by atoms with Crippen molar-refractivity contribution in [2.24, 2.45) is 0 Å². The maximum atomic E-state index is 3.48. The number of hydrogen-bond acceptors (Lipinski definition) is 4. The highest BCUT2D eigenvalue weighted by Crippen LogP contribution is 2.41. The lowest BCUT2D eigenvalue weighted by Gasteiger charge is -2.36. The van der Waals surface area contributed by atoms with Crippen molar-refractivity contribution in [3.05, 3.63) is 52.2 Å². The van der Waals surface area contributed by atoms with Crippen LogP contribution in [0.5, 0.6) is 0 Å². The van der Waals surface area contributed by atoms with Gasteiger partial charge in [0.25, 0.3) is 0 Å². The van der Waals surface area contributed by atoms with Crippen molar-refractivity contribution in [2.75, 3.05) is 26.2 Å². The topological polar surface area (TPSA) is 15.3 Å². The summed E-state index contributed by atoms with van der Waals surface area (Å²) in [6.07, 6.45) is 0. The second kappa shape index (κ2) is 7.39. The molecule has 0 amide bonds. The van der Waals surface area contributed by atoms with Gasteiger partial charge >= 0.3 is 0 Å². The SMILES string of the molecule is CC(C)(C)Sc1ccccc1[C@@H](c1cccs1)N1CCNCC1. The third kappa shape index (κ3) is 4.38. The lowest BCUT2D eigenvalue weighted by molar-refractivity contribution is 0.199. The highest BCUT2D eigenvalue weighted by Gasteiger charge is 2.27. The molecule has 1 aromatic carbocycles. The molecule has 1 atom stereocenters. The minimum atomic E-state index is 0.222. The molecule has 1 N–H and O–H groups in total. The number of benzene rings is 1. The van der Waals surface area contributed by atoms with Crippen molar-refractivity contribution < 1.29 is 0 Å².